The van der Waals surface area contributed by atoms with E-state index in [1.165, 1.54) is 140 Å². The van der Waals surface area contributed by atoms with Crippen LogP contribution < -0.4 is 51.4 Å². The Morgan fingerprint density at radius 3 is 1.33 bits per heavy atom. The molecule has 0 aromatic heterocycles. The minimum absolute atomic E-state index is 0. The SMILES string of the molecule is C=C(CCCCCCCCCCCC)C(C)[C-](C)CCCCCCCCCCC.[K+]. The van der Waals surface area contributed by atoms with Gasteiger partial charge in [0.15, 0.2) is 0 Å². The topological polar surface area (TPSA) is 0 Å². The fourth-order valence-electron chi connectivity index (χ4n) is 4.34. The third-order valence-electron chi connectivity index (χ3n) is 6.88. The van der Waals surface area contributed by atoms with Gasteiger partial charge in [0.05, 0.1) is 0 Å². The first-order valence-electron chi connectivity index (χ1n) is 13.6. The van der Waals surface area contributed by atoms with Crippen LogP contribution in [0.5, 0.6) is 0 Å². The molecule has 0 radical (unpaired) electrons. The van der Waals surface area contributed by atoms with Crippen LogP contribution in [0.25, 0.3) is 0 Å². The number of rotatable bonds is 23. The molecule has 1 heteroatoms. The Kier molecular flexibility index (Phi) is 29.8. The van der Waals surface area contributed by atoms with E-state index in [1.807, 2.05) is 0 Å². The fourth-order valence-corrected chi connectivity index (χ4v) is 4.34. The van der Waals surface area contributed by atoms with Crippen molar-refractivity contribution in [3.05, 3.63) is 18.1 Å². The van der Waals surface area contributed by atoms with Gasteiger partial charge in [-0.3, -0.25) is 0 Å². The van der Waals surface area contributed by atoms with E-state index in [0.717, 1.165) is 0 Å². The molecule has 0 aromatic carbocycles. The molecule has 0 bridgehead atoms. The average molecular weight is 445 g/mol. The first-order chi connectivity index (χ1) is 14.1. The maximum Gasteiger partial charge on any atom is 1.00 e. The van der Waals surface area contributed by atoms with E-state index < -0.39 is 0 Å². The van der Waals surface area contributed by atoms with Crippen molar-refractivity contribution in [3.63, 3.8) is 0 Å². The molecule has 0 fully saturated rings. The van der Waals surface area contributed by atoms with E-state index in [-0.39, 0.29) is 51.4 Å². The van der Waals surface area contributed by atoms with Crippen LogP contribution in [0.15, 0.2) is 12.2 Å². The van der Waals surface area contributed by atoms with Gasteiger partial charge in [0.2, 0.25) is 0 Å². The second kappa shape index (κ2) is 26.6. The predicted molar refractivity (Wildman–Crippen MR) is 136 cm³/mol. The van der Waals surface area contributed by atoms with Gasteiger partial charge in [-0.2, -0.15) is 13.3 Å². The van der Waals surface area contributed by atoms with Gasteiger partial charge in [-0.15, -0.1) is 18.1 Å². The summed E-state index contributed by atoms with van der Waals surface area (Å²) >= 11 is 0. The molecule has 0 aliphatic rings. The Bertz CT molecular complexity index is 335. The van der Waals surface area contributed by atoms with Gasteiger partial charge in [-0.25, -0.2) is 0 Å². The third-order valence-corrected chi connectivity index (χ3v) is 6.88. The van der Waals surface area contributed by atoms with Crippen LogP contribution in [0.1, 0.15) is 163 Å². The van der Waals surface area contributed by atoms with E-state index in [1.54, 1.807) is 5.92 Å². The van der Waals surface area contributed by atoms with Crippen LogP contribution in [0.4, 0.5) is 0 Å². The van der Waals surface area contributed by atoms with Crippen LogP contribution in [0, 0.1) is 11.8 Å². The molecule has 0 spiro atoms. The third kappa shape index (κ3) is 22.6. The fraction of sp³-hybridized carbons (Fsp3) is 0.897. The number of hydrogen-bond acceptors (Lipinski definition) is 0. The minimum atomic E-state index is 0. The predicted octanol–water partition coefficient (Wildman–Crippen LogP) is 8.01. The molecule has 1 atom stereocenters. The monoisotopic (exact) mass is 444 g/mol. The van der Waals surface area contributed by atoms with Crippen molar-refractivity contribution in [2.24, 2.45) is 5.92 Å². The molecule has 0 saturated carbocycles. The molecule has 30 heavy (non-hydrogen) atoms. The van der Waals surface area contributed by atoms with Crippen LogP contribution in [-0.4, -0.2) is 0 Å². The second-order valence-corrected chi connectivity index (χ2v) is 9.74. The van der Waals surface area contributed by atoms with Gasteiger partial charge in [-0.1, -0.05) is 136 Å². The van der Waals surface area contributed by atoms with Gasteiger partial charge in [-0.05, 0) is 12.8 Å². The van der Waals surface area contributed by atoms with E-state index in [4.69, 9.17) is 0 Å². The molecule has 0 N–H and O–H groups in total. The Balaban J connectivity index is 0. The Morgan fingerprint density at radius 2 is 0.933 bits per heavy atom. The molecule has 0 rings (SSSR count). The summed E-state index contributed by atoms with van der Waals surface area (Å²) in [5, 5.41) is 0. The van der Waals surface area contributed by atoms with Crippen LogP contribution in [0.3, 0.4) is 0 Å². The summed E-state index contributed by atoms with van der Waals surface area (Å²) in [4.78, 5) is 0. The normalized spacial score (nSPS) is 12.2. The summed E-state index contributed by atoms with van der Waals surface area (Å²) in [5.41, 5.74) is 1.48. The zero-order chi connectivity index (χ0) is 21.6. The molecule has 0 aliphatic heterocycles. The zero-order valence-electron chi connectivity index (χ0n) is 22.1. The Morgan fingerprint density at radius 1 is 0.600 bits per heavy atom. The average Bonchev–Trinajstić information content (AvgIpc) is 2.73. The molecule has 0 nitrogen and oxygen atoms in total. The standard InChI is InChI=1S/C29H57.K/c1-6-8-10-12-14-16-18-20-22-24-26-28(4)29(5)27(3)25-23-21-19-17-15-13-11-9-7-2;/h29H,4,6-26H2,1-3,5H3;/q-1;+1. The Labute approximate surface area is 235 Å². The maximum absolute atomic E-state index is 4.42. The molecular weight excluding hydrogens is 387 g/mol. The van der Waals surface area contributed by atoms with Gasteiger partial charge in [0.1, 0.15) is 0 Å². The molecule has 0 aliphatic carbocycles. The molecule has 0 heterocycles. The van der Waals surface area contributed by atoms with Crippen molar-refractivity contribution < 1.29 is 51.4 Å². The summed E-state index contributed by atoms with van der Waals surface area (Å²) in [5.74, 6) is 2.30. The molecule has 174 valence electrons. The molecule has 0 amide bonds. The number of allylic oxidation sites excluding steroid dienone is 1. The van der Waals surface area contributed by atoms with Gasteiger partial charge < -0.3 is 5.92 Å². The van der Waals surface area contributed by atoms with Crippen LogP contribution in [-0.2, 0) is 0 Å². The first-order valence-corrected chi connectivity index (χ1v) is 13.6. The summed E-state index contributed by atoms with van der Waals surface area (Å²) in [7, 11) is 0. The van der Waals surface area contributed by atoms with Crippen molar-refractivity contribution in [2.75, 3.05) is 0 Å². The van der Waals surface area contributed by atoms with Crippen LogP contribution >= 0.6 is 0 Å². The summed E-state index contributed by atoms with van der Waals surface area (Å²) < 4.78 is 0. The summed E-state index contributed by atoms with van der Waals surface area (Å²) in [6.07, 6.45) is 29.6. The van der Waals surface area contributed by atoms with Gasteiger partial charge in [0.25, 0.3) is 0 Å². The van der Waals surface area contributed by atoms with Crippen molar-refractivity contribution in [3.8, 4) is 0 Å². The molecular formula is C29H57K. The summed E-state index contributed by atoms with van der Waals surface area (Å²) in [6.45, 7) is 13.8. The summed E-state index contributed by atoms with van der Waals surface area (Å²) in [6, 6.07) is 0. The van der Waals surface area contributed by atoms with E-state index in [2.05, 4.69) is 34.3 Å². The van der Waals surface area contributed by atoms with Crippen molar-refractivity contribution in [2.45, 2.75) is 163 Å². The number of unbranched alkanes of at least 4 members (excludes halogenated alkanes) is 17. The van der Waals surface area contributed by atoms with Crippen molar-refractivity contribution >= 4 is 0 Å². The molecule has 0 saturated heterocycles. The molecule has 0 aromatic rings. The minimum Gasteiger partial charge on any atom is -0.310 e. The second-order valence-electron chi connectivity index (χ2n) is 9.74. The Hall–Kier alpha value is 1.38. The van der Waals surface area contributed by atoms with E-state index in [0.29, 0.717) is 5.92 Å². The zero-order valence-corrected chi connectivity index (χ0v) is 25.3. The quantitative estimate of drug-likeness (QED) is 0.0648. The van der Waals surface area contributed by atoms with Gasteiger partial charge in [0, 0.05) is 0 Å². The van der Waals surface area contributed by atoms with Crippen LogP contribution in [0.2, 0.25) is 0 Å². The number of hydrogen-bond donors (Lipinski definition) is 0. The first kappa shape index (κ1) is 33.5. The van der Waals surface area contributed by atoms with Crippen molar-refractivity contribution in [1.29, 1.82) is 0 Å². The van der Waals surface area contributed by atoms with E-state index in [9.17, 15) is 0 Å². The van der Waals surface area contributed by atoms with Crippen molar-refractivity contribution in [1.82, 2.24) is 0 Å². The largest absolute Gasteiger partial charge is 1.00 e. The molecule has 1 unspecified atom stereocenters. The van der Waals surface area contributed by atoms with E-state index >= 15 is 0 Å². The van der Waals surface area contributed by atoms with Gasteiger partial charge >= 0.3 is 51.4 Å². The smallest absolute Gasteiger partial charge is 0.310 e. The maximum atomic E-state index is 4.42.